The number of hydrogen-bond donors (Lipinski definition) is 1. The minimum absolute atomic E-state index is 0.175. The van der Waals surface area contributed by atoms with E-state index in [2.05, 4.69) is 27.4 Å². The third-order valence-corrected chi connectivity index (χ3v) is 7.68. The number of halogens is 3. The maximum atomic E-state index is 13.6. The highest BCUT2D eigenvalue weighted by Crippen LogP contribution is 2.47. The maximum absolute atomic E-state index is 13.6. The molecule has 2 saturated heterocycles. The summed E-state index contributed by atoms with van der Waals surface area (Å²) in [6, 6.07) is 10.1. The topological polar surface area (TPSA) is 70.6 Å². The molecular formula is C24H28F3N5O2. The van der Waals surface area contributed by atoms with Gasteiger partial charge in [-0.15, -0.1) is 0 Å². The fourth-order valence-electron chi connectivity index (χ4n) is 5.53. The lowest BCUT2D eigenvalue weighted by Crippen LogP contribution is -2.57. The van der Waals surface area contributed by atoms with Crippen molar-refractivity contribution >= 4 is 11.7 Å². The van der Waals surface area contributed by atoms with E-state index < -0.39 is 17.5 Å². The monoisotopic (exact) mass is 475 g/mol. The van der Waals surface area contributed by atoms with E-state index in [0.717, 1.165) is 38.1 Å². The average molecular weight is 476 g/mol. The van der Waals surface area contributed by atoms with Crippen molar-refractivity contribution in [2.24, 2.45) is 5.92 Å². The third kappa shape index (κ3) is 3.92. The van der Waals surface area contributed by atoms with E-state index in [4.69, 9.17) is 4.74 Å². The van der Waals surface area contributed by atoms with Gasteiger partial charge >= 0.3 is 12.2 Å². The van der Waals surface area contributed by atoms with Crippen LogP contribution >= 0.6 is 0 Å². The molecular weight excluding hydrogens is 447 g/mol. The molecule has 2 aromatic rings. The van der Waals surface area contributed by atoms with Crippen molar-refractivity contribution in [2.75, 3.05) is 38.3 Å². The third-order valence-electron chi connectivity index (χ3n) is 7.68. The summed E-state index contributed by atoms with van der Waals surface area (Å²) in [5.74, 6) is -0.935. The average Bonchev–Trinajstić information content (AvgIpc) is 3.08. The molecule has 1 aromatic heterocycles. The number of urea groups is 1. The standard InChI is InChI=1S/C24H28F3N5O2/c1-28-23(18-5-3-2-4-6-18)9-7-22(8-10-23)16-31(21(33)32(22)13-17-14-34-15-17)19-11-29-20(30-12-19)24(25,26)27/h2-6,11-12,17,28H,7-10,13-16H2,1H3/t22-,23-. The molecule has 7 nitrogen and oxygen atoms in total. The molecule has 1 saturated carbocycles. The highest BCUT2D eigenvalue weighted by atomic mass is 19.4. The van der Waals surface area contributed by atoms with Crippen LogP contribution in [0.4, 0.5) is 23.7 Å². The zero-order valence-corrected chi connectivity index (χ0v) is 19.0. The van der Waals surface area contributed by atoms with Crippen LogP contribution in [0.1, 0.15) is 37.1 Å². The Morgan fingerprint density at radius 2 is 1.74 bits per heavy atom. The van der Waals surface area contributed by atoms with Gasteiger partial charge < -0.3 is 15.0 Å². The molecule has 0 radical (unpaired) electrons. The second-order valence-corrected chi connectivity index (χ2v) is 9.57. The molecule has 34 heavy (non-hydrogen) atoms. The predicted molar refractivity (Wildman–Crippen MR) is 119 cm³/mol. The molecule has 0 unspecified atom stereocenters. The molecule has 3 fully saturated rings. The van der Waals surface area contributed by atoms with E-state index in [-0.39, 0.29) is 17.5 Å². The maximum Gasteiger partial charge on any atom is 0.451 e. The van der Waals surface area contributed by atoms with Crippen LogP contribution in [0.25, 0.3) is 0 Å². The van der Waals surface area contributed by atoms with Gasteiger partial charge in [0.25, 0.3) is 0 Å². The van der Waals surface area contributed by atoms with E-state index in [1.54, 1.807) is 0 Å². The number of carbonyl (C=O) groups is 1. The first-order valence-electron chi connectivity index (χ1n) is 11.6. The van der Waals surface area contributed by atoms with Gasteiger partial charge in [0.1, 0.15) is 0 Å². The van der Waals surface area contributed by atoms with Crippen molar-refractivity contribution in [1.82, 2.24) is 20.2 Å². The molecule has 5 rings (SSSR count). The second kappa shape index (κ2) is 8.49. The van der Waals surface area contributed by atoms with E-state index in [1.807, 2.05) is 30.1 Å². The highest BCUT2D eigenvalue weighted by Gasteiger charge is 2.54. The number of hydrogen-bond acceptors (Lipinski definition) is 5. The predicted octanol–water partition coefficient (Wildman–Crippen LogP) is 3.81. The SMILES string of the molecule is CN[C@]1(c2ccccc2)CC[C@@]2(CC1)CN(c1cnc(C(F)(F)F)nc1)C(=O)N2CC1COC1. The molecule has 1 spiro atoms. The number of carbonyl (C=O) groups excluding carboxylic acids is 1. The first-order chi connectivity index (χ1) is 16.3. The number of nitrogens with zero attached hydrogens (tertiary/aromatic N) is 4. The molecule has 1 aliphatic carbocycles. The van der Waals surface area contributed by atoms with Gasteiger partial charge in [0.05, 0.1) is 43.4 Å². The van der Waals surface area contributed by atoms with Gasteiger partial charge in [-0.1, -0.05) is 30.3 Å². The van der Waals surface area contributed by atoms with Crippen LogP contribution in [0.5, 0.6) is 0 Å². The smallest absolute Gasteiger partial charge is 0.381 e. The largest absolute Gasteiger partial charge is 0.451 e. The number of benzene rings is 1. The summed E-state index contributed by atoms with van der Waals surface area (Å²) in [4.78, 5) is 24.0. The Labute approximate surface area is 196 Å². The number of amides is 2. The van der Waals surface area contributed by atoms with E-state index in [0.29, 0.717) is 32.0 Å². The minimum Gasteiger partial charge on any atom is -0.381 e. The van der Waals surface area contributed by atoms with E-state index in [9.17, 15) is 18.0 Å². The van der Waals surface area contributed by atoms with Crippen molar-refractivity contribution in [3.8, 4) is 0 Å². The van der Waals surface area contributed by atoms with Crippen LogP contribution in [-0.2, 0) is 16.5 Å². The van der Waals surface area contributed by atoms with Gasteiger partial charge in [0.2, 0.25) is 5.82 Å². The number of ether oxygens (including phenoxy) is 1. The summed E-state index contributed by atoms with van der Waals surface area (Å²) in [7, 11) is 1.97. The first kappa shape index (κ1) is 23.0. The Morgan fingerprint density at radius 3 is 2.26 bits per heavy atom. The second-order valence-electron chi connectivity index (χ2n) is 9.57. The number of rotatable bonds is 5. The Morgan fingerprint density at radius 1 is 1.09 bits per heavy atom. The van der Waals surface area contributed by atoms with E-state index in [1.165, 1.54) is 10.5 Å². The van der Waals surface area contributed by atoms with Crippen LogP contribution in [-0.4, -0.2) is 59.8 Å². The summed E-state index contributed by atoms with van der Waals surface area (Å²) in [5.41, 5.74) is 0.942. The van der Waals surface area contributed by atoms with Gasteiger partial charge in [-0.25, -0.2) is 14.8 Å². The molecule has 0 bridgehead atoms. The van der Waals surface area contributed by atoms with Gasteiger partial charge in [0.15, 0.2) is 0 Å². The van der Waals surface area contributed by atoms with Crippen molar-refractivity contribution in [3.05, 3.63) is 54.1 Å². The van der Waals surface area contributed by atoms with Crippen molar-refractivity contribution < 1.29 is 22.7 Å². The van der Waals surface area contributed by atoms with Gasteiger partial charge in [0, 0.05) is 18.0 Å². The van der Waals surface area contributed by atoms with Crippen LogP contribution < -0.4 is 10.2 Å². The molecule has 1 aromatic carbocycles. The molecule has 10 heteroatoms. The van der Waals surface area contributed by atoms with Crippen molar-refractivity contribution in [3.63, 3.8) is 0 Å². The molecule has 1 N–H and O–H groups in total. The fraction of sp³-hybridized carbons (Fsp3) is 0.542. The summed E-state index contributed by atoms with van der Waals surface area (Å²) < 4.78 is 44.1. The molecule has 182 valence electrons. The van der Waals surface area contributed by atoms with Crippen molar-refractivity contribution in [2.45, 2.75) is 42.9 Å². The number of nitrogens with one attached hydrogen (secondary N) is 1. The Balaban J connectivity index is 1.42. The molecule has 2 aliphatic heterocycles. The summed E-state index contributed by atoms with van der Waals surface area (Å²) in [6.45, 7) is 2.22. The number of anilines is 1. The van der Waals surface area contributed by atoms with Crippen LogP contribution in [0.3, 0.4) is 0 Å². The lowest BCUT2D eigenvalue weighted by molar-refractivity contribution is -0.144. The Kier molecular flexibility index (Phi) is 5.76. The Hall–Kier alpha value is -2.72. The number of aromatic nitrogens is 2. The summed E-state index contributed by atoms with van der Waals surface area (Å²) in [5, 5.41) is 3.53. The minimum atomic E-state index is -4.62. The fourth-order valence-corrected chi connectivity index (χ4v) is 5.53. The van der Waals surface area contributed by atoms with E-state index >= 15 is 0 Å². The van der Waals surface area contributed by atoms with Gasteiger partial charge in [-0.2, -0.15) is 13.2 Å². The normalized spacial score (nSPS) is 27.9. The lowest BCUT2D eigenvalue weighted by atomic mass is 9.69. The van der Waals surface area contributed by atoms with Crippen LogP contribution in [0.2, 0.25) is 0 Å². The Bertz CT molecular complexity index is 1020. The molecule has 0 atom stereocenters. The molecule has 3 heterocycles. The van der Waals surface area contributed by atoms with Gasteiger partial charge in [-0.05, 0) is 38.3 Å². The quantitative estimate of drug-likeness (QED) is 0.712. The molecule has 3 aliphatic rings. The number of alkyl halides is 3. The van der Waals surface area contributed by atoms with Gasteiger partial charge in [-0.3, -0.25) is 4.90 Å². The highest BCUT2D eigenvalue weighted by molar-refractivity contribution is 5.95. The zero-order valence-electron chi connectivity index (χ0n) is 19.0. The zero-order chi connectivity index (χ0) is 24.0. The summed E-state index contributed by atoms with van der Waals surface area (Å²) in [6.07, 6.45) is 0.818. The lowest BCUT2D eigenvalue weighted by Gasteiger charge is -2.49. The van der Waals surface area contributed by atoms with Crippen LogP contribution in [0.15, 0.2) is 42.7 Å². The molecule has 2 amide bonds. The summed E-state index contributed by atoms with van der Waals surface area (Å²) >= 11 is 0. The van der Waals surface area contributed by atoms with Crippen molar-refractivity contribution in [1.29, 1.82) is 0 Å². The van der Waals surface area contributed by atoms with Crippen LogP contribution in [0, 0.1) is 5.92 Å². The first-order valence-corrected chi connectivity index (χ1v) is 11.6.